The molecular formula is C18H28N2O3. The normalized spacial score (nSPS) is 19.2. The summed E-state index contributed by atoms with van der Waals surface area (Å²) in [6.45, 7) is 5.18. The Morgan fingerprint density at radius 3 is 2.96 bits per heavy atom. The van der Waals surface area contributed by atoms with E-state index >= 15 is 0 Å². The van der Waals surface area contributed by atoms with Gasteiger partial charge in [0.25, 0.3) is 0 Å². The summed E-state index contributed by atoms with van der Waals surface area (Å²) >= 11 is 0. The lowest BCUT2D eigenvalue weighted by Gasteiger charge is -2.26. The van der Waals surface area contributed by atoms with Crippen molar-refractivity contribution in [1.29, 1.82) is 5.41 Å². The van der Waals surface area contributed by atoms with Crippen LogP contribution in [0.1, 0.15) is 51.5 Å². The fourth-order valence-corrected chi connectivity index (χ4v) is 2.55. The first-order valence-corrected chi connectivity index (χ1v) is 8.53. The van der Waals surface area contributed by atoms with Gasteiger partial charge in [0, 0.05) is 23.9 Å². The van der Waals surface area contributed by atoms with Crippen LogP contribution in [-0.4, -0.2) is 36.4 Å². The fourth-order valence-electron chi connectivity index (χ4n) is 2.55. The van der Waals surface area contributed by atoms with Crippen molar-refractivity contribution in [2.75, 3.05) is 18.5 Å². The molecule has 2 unspecified atom stereocenters. The molecule has 0 spiro atoms. The highest BCUT2D eigenvalue weighted by atomic mass is 16.5. The molecule has 5 nitrogen and oxygen atoms in total. The summed E-state index contributed by atoms with van der Waals surface area (Å²) in [6, 6.07) is 5.59. The van der Waals surface area contributed by atoms with Crippen LogP contribution >= 0.6 is 0 Å². The molecule has 1 aliphatic heterocycles. The Bertz CT molecular complexity index is 511. The molecule has 1 aromatic rings. The zero-order chi connectivity index (χ0) is 16.7. The molecule has 1 heterocycles. The summed E-state index contributed by atoms with van der Waals surface area (Å²) in [5.74, 6) is 0.777. The van der Waals surface area contributed by atoms with Crippen LogP contribution in [0.3, 0.4) is 0 Å². The molecule has 2 rings (SSSR count). The van der Waals surface area contributed by atoms with Crippen molar-refractivity contribution in [2.24, 2.45) is 0 Å². The van der Waals surface area contributed by atoms with E-state index in [1.165, 1.54) is 0 Å². The number of rotatable bonds is 8. The number of ether oxygens (including phenoxy) is 2. The molecule has 0 saturated carbocycles. The lowest BCUT2D eigenvalue weighted by Crippen LogP contribution is -2.28. The molecule has 1 aliphatic rings. The third-order valence-corrected chi connectivity index (χ3v) is 3.96. The molecule has 0 bridgehead atoms. The van der Waals surface area contributed by atoms with E-state index in [0.717, 1.165) is 50.1 Å². The van der Waals surface area contributed by atoms with Crippen LogP contribution in [0.25, 0.3) is 0 Å². The molecule has 0 aliphatic carbocycles. The number of aliphatic hydroxyl groups excluding tert-OH is 1. The fraction of sp³-hybridized carbons (Fsp3) is 0.611. The van der Waals surface area contributed by atoms with Crippen LogP contribution in [0, 0.1) is 5.41 Å². The predicted molar refractivity (Wildman–Crippen MR) is 92.6 cm³/mol. The molecule has 128 valence electrons. The van der Waals surface area contributed by atoms with Crippen LogP contribution < -0.4 is 10.1 Å². The van der Waals surface area contributed by atoms with Gasteiger partial charge in [-0.1, -0.05) is 13.3 Å². The second kappa shape index (κ2) is 8.89. The van der Waals surface area contributed by atoms with Crippen molar-refractivity contribution < 1.29 is 14.6 Å². The number of aliphatic hydroxyl groups is 1. The van der Waals surface area contributed by atoms with E-state index in [4.69, 9.17) is 14.9 Å². The van der Waals surface area contributed by atoms with E-state index < -0.39 is 6.10 Å². The van der Waals surface area contributed by atoms with E-state index in [9.17, 15) is 5.11 Å². The monoisotopic (exact) mass is 320 g/mol. The van der Waals surface area contributed by atoms with Crippen LogP contribution in [0.15, 0.2) is 18.2 Å². The third-order valence-electron chi connectivity index (χ3n) is 3.96. The van der Waals surface area contributed by atoms with E-state index in [-0.39, 0.29) is 11.9 Å². The van der Waals surface area contributed by atoms with Gasteiger partial charge in [0.1, 0.15) is 12.0 Å². The first-order chi connectivity index (χ1) is 11.1. The van der Waals surface area contributed by atoms with Gasteiger partial charge in [-0.2, -0.15) is 0 Å². The third kappa shape index (κ3) is 5.22. The minimum Gasteiger partial charge on any atom is -0.494 e. The molecule has 1 saturated heterocycles. The van der Waals surface area contributed by atoms with Gasteiger partial charge in [0.15, 0.2) is 0 Å². The number of nitrogens with one attached hydrogen (secondary N) is 2. The van der Waals surface area contributed by atoms with Crippen molar-refractivity contribution >= 4 is 11.4 Å². The molecule has 1 fully saturated rings. The van der Waals surface area contributed by atoms with Crippen LogP contribution in [0.5, 0.6) is 5.75 Å². The predicted octanol–water partition coefficient (Wildman–Crippen LogP) is 3.55. The van der Waals surface area contributed by atoms with E-state index in [0.29, 0.717) is 12.2 Å². The second-order valence-electron chi connectivity index (χ2n) is 6.00. The number of anilines is 1. The second-order valence-corrected chi connectivity index (χ2v) is 6.00. The lowest BCUT2D eigenvalue weighted by molar-refractivity contribution is 0.0343. The van der Waals surface area contributed by atoms with Gasteiger partial charge < -0.3 is 25.3 Å². The van der Waals surface area contributed by atoms with Crippen LogP contribution in [0.4, 0.5) is 5.69 Å². The quantitative estimate of drug-likeness (QED) is 0.506. The Balaban J connectivity index is 2.17. The van der Waals surface area contributed by atoms with Crippen molar-refractivity contribution in [3.63, 3.8) is 0 Å². The first-order valence-electron chi connectivity index (χ1n) is 8.53. The van der Waals surface area contributed by atoms with Gasteiger partial charge in [-0.25, -0.2) is 0 Å². The lowest BCUT2D eigenvalue weighted by atomic mass is 10.0. The Morgan fingerprint density at radius 1 is 1.48 bits per heavy atom. The van der Waals surface area contributed by atoms with Crippen molar-refractivity contribution in [2.45, 2.75) is 58.3 Å². The molecule has 5 heteroatoms. The van der Waals surface area contributed by atoms with Gasteiger partial charge in [-0.15, -0.1) is 0 Å². The first kappa shape index (κ1) is 17.8. The number of unbranched alkanes of at least 4 members (excludes halogenated alkanes) is 1. The smallest absolute Gasteiger partial charge is 0.127 e. The highest BCUT2D eigenvalue weighted by Gasteiger charge is 2.18. The number of benzene rings is 1. The molecule has 1 aromatic carbocycles. The minimum absolute atomic E-state index is 0.0461. The van der Waals surface area contributed by atoms with Gasteiger partial charge in [-0.3, -0.25) is 0 Å². The van der Waals surface area contributed by atoms with E-state index in [1.54, 1.807) is 6.92 Å². The Labute approximate surface area is 138 Å². The largest absolute Gasteiger partial charge is 0.494 e. The van der Waals surface area contributed by atoms with E-state index in [2.05, 4.69) is 12.2 Å². The summed E-state index contributed by atoms with van der Waals surface area (Å²) in [5, 5.41) is 21.2. The van der Waals surface area contributed by atoms with Crippen LogP contribution in [0.2, 0.25) is 0 Å². The summed E-state index contributed by atoms with van der Waals surface area (Å²) in [7, 11) is 0. The maximum Gasteiger partial charge on any atom is 0.127 e. The molecule has 0 amide bonds. The average Bonchev–Trinajstić information content (AvgIpc) is 2.55. The van der Waals surface area contributed by atoms with Crippen LogP contribution in [-0.2, 0) is 4.74 Å². The topological polar surface area (TPSA) is 74.6 Å². The molecule has 0 radical (unpaired) electrons. The molecule has 2 atom stereocenters. The Morgan fingerprint density at radius 2 is 2.30 bits per heavy atom. The Hall–Kier alpha value is -1.59. The number of hydrogen-bond donors (Lipinski definition) is 3. The summed E-state index contributed by atoms with van der Waals surface area (Å²) in [6.07, 6.45) is 4.42. The molecule has 0 aromatic heterocycles. The maximum absolute atomic E-state index is 9.73. The highest BCUT2D eigenvalue weighted by molar-refractivity contribution is 6.05. The Kier molecular flexibility index (Phi) is 6.86. The van der Waals surface area contributed by atoms with E-state index in [1.807, 2.05) is 18.2 Å². The SMILES string of the molecule is CCCCOc1ccc(C(=N)C(C)O)c(NC2CCCCO2)c1. The summed E-state index contributed by atoms with van der Waals surface area (Å²) in [5.41, 5.74) is 1.68. The zero-order valence-corrected chi connectivity index (χ0v) is 14.1. The molecular weight excluding hydrogens is 292 g/mol. The van der Waals surface area contributed by atoms with Crippen molar-refractivity contribution in [1.82, 2.24) is 0 Å². The van der Waals surface area contributed by atoms with Gasteiger partial charge >= 0.3 is 0 Å². The number of hydrogen-bond acceptors (Lipinski definition) is 5. The zero-order valence-electron chi connectivity index (χ0n) is 14.1. The minimum atomic E-state index is -0.810. The summed E-state index contributed by atoms with van der Waals surface area (Å²) in [4.78, 5) is 0. The van der Waals surface area contributed by atoms with Gasteiger partial charge in [0.2, 0.25) is 0 Å². The standard InChI is InChI=1S/C18H28N2O3/c1-3-4-10-22-14-8-9-15(18(19)13(2)21)16(12-14)20-17-7-5-6-11-23-17/h8-9,12-13,17,19-21H,3-7,10-11H2,1-2H3. The molecule has 23 heavy (non-hydrogen) atoms. The van der Waals surface area contributed by atoms with Gasteiger partial charge in [0.05, 0.1) is 18.4 Å². The average molecular weight is 320 g/mol. The summed E-state index contributed by atoms with van der Waals surface area (Å²) < 4.78 is 11.5. The maximum atomic E-state index is 9.73. The highest BCUT2D eigenvalue weighted by Crippen LogP contribution is 2.27. The van der Waals surface area contributed by atoms with Gasteiger partial charge in [-0.05, 0) is 44.7 Å². The molecule has 3 N–H and O–H groups in total. The van der Waals surface area contributed by atoms with Crippen molar-refractivity contribution in [3.05, 3.63) is 23.8 Å². The van der Waals surface area contributed by atoms with Crippen molar-refractivity contribution in [3.8, 4) is 5.75 Å².